The van der Waals surface area contributed by atoms with Gasteiger partial charge in [0.2, 0.25) is 0 Å². The molecule has 1 unspecified atom stereocenters. The minimum Gasteiger partial charge on any atom is -0.328 e. The van der Waals surface area contributed by atoms with Crippen molar-refractivity contribution in [2.75, 3.05) is 20.6 Å². The van der Waals surface area contributed by atoms with Crippen LogP contribution in [0.1, 0.15) is 33.6 Å². The van der Waals surface area contributed by atoms with Gasteiger partial charge in [0.05, 0.1) is 0 Å². The highest BCUT2D eigenvalue weighted by atomic mass is 15.1. The first-order chi connectivity index (χ1) is 5.37. The number of rotatable bonds is 5. The third-order valence-corrected chi connectivity index (χ3v) is 2.08. The van der Waals surface area contributed by atoms with Gasteiger partial charge in [-0.25, -0.2) is 0 Å². The molecule has 0 aromatic rings. The topological polar surface area (TPSA) is 29.3 Å². The molecule has 0 bridgehead atoms. The first-order valence-electron chi connectivity index (χ1n) is 4.77. The molecule has 74 valence electrons. The van der Waals surface area contributed by atoms with Crippen molar-refractivity contribution in [2.45, 2.75) is 39.7 Å². The quantitative estimate of drug-likeness (QED) is 0.684. The lowest BCUT2D eigenvalue weighted by Gasteiger charge is -2.30. The van der Waals surface area contributed by atoms with E-state index in [2.05, 4.69) is 39.8 Å². The minimum absolute atomic E-state index is 0.346. The summed E-state index contributed by atoms with van der Waals surface area (Å²) in [5.41, 5.74) is 6.26. The van der Waals surface area contributed by atoms with Gasteiger partial charge >= 0.3 is 0 Å². The maximum atomic E-state index is 5.92. The molecule has 0 aromatic heterocycles. The van der Waals surface area contributed by atoms with Crippen LogP contribution in [0.25, 0.3) is 0 Å². The molecule has 2 heteroatoms. The smallest absolute Gasteiger partial charge is 0.00417 e. The molecule has 12 heavy (non-hydrogen) atoms. The molecule has 2 nitrogen and oxygen atoms in total. The lowest BCUT2D eigenvalue weighted by Crippen LogP contribution is -2.34. The molecule has 0 aliphatic heterocycles. The van der Waals surface area contributed by atoms with Crippen LogP contribution in [0, 0.1) is 5.41 Å². The molecule has 0 heterocycles. The Labute approximate surface area is 77.1 Å². The van der Waals surface area contributed by atoms with Crippen molar-refractivity contribution in [3.63, 3.8) is 0 Å². The van der Waals surface area contributed by atoms with Gasteiger partial charge in [-0.15, -0.1) is 0 Å². The van der Waals surface area contributed by atoms with Gasteiger partial charge in [0, 0.05) is 12.6 Å². The standard InChI is InChI=1S/C10H24N2/c1-6-9(11)7-10(2,3)8-12(4)5/h9H,6-8,11H2,1-5H3. The van der Waals surface area contributed by atoms with Gasteiger partial charge in [0.1, 0.15) is 0 Å². The highest BCUT2D eigenvalue weighted by Gasteiger charge is 2.21. The van der Waals surface area contributed by atoms with Gasteiger partial charge in [0.25, 0.3) is 0 Å². The summed E-state index contributed by atoms with van der Waals surface area (Å²) in [4.78, 5) is 2.22. The van der Waals surface area contributed by atoms with E-state index in [-0.39, 0.29) is 0 Å². The van der Waals surface area contributed by atoms with Crippen LogP contribution in [0.2, 0.25) is 0 Å². The molecular weight excluding hydrogens is 148 g/mol. The van der Waals surface area contributed by atoms with Crippen LogP contribution in [-0.4, -0.2) is 31.6 Å². The molecule has 0 aromatic carbocycles. The van der Waals surface area contributed by atoms with Gasteiger partial charge in [-0.3, -0.25) is 0 Å². The molecule has 2 N–H and O–H groups in total. The second-order valence-electron chi connectivity index (χ2n) is 4.77. The summed E-state index contributed by atoms with van der Waals surface area (Å²) in [5.74, 6) is 0. The molecule has 0 fully saturated rings. The molecule has 0 rings (SSSR count). The van der Waals surface area contributed by atoms with Gasteiger partial charge in [0.15, 0.2) is 0 Å². The van der Waals surface area contributed by atoms with Gasteiger partial charge in [-0.1, -0.05) is 20.8 Å². The number of nitrogens with zero attached hydrogens (tertiary/aromatic N) is 1. The largest absolute Gasteiger partial charge is 0.328 e. The Morgan fingerprint density at radius 1 is 1.33 bits per heavy atom. The number of hydrogen-bond donors (Lipinski definition) is 1. The highest BCUT2D eigenvalue weighted by molar-refractivity contribution is 4.76. The number of nitrogens with two attached hydrogens (primary N) is 1. The Balaban J connectivity index is 3.85. The van der Waals surface area contributed by atoms with Crippen LogP contribution >= 0.6 is 0 Å². The van der Waals surface area contributed by atoms with Crippen LogP contribution in [0.3, 0.4) is 0 Å². The average molecular weight is 172 g/mol. The van der Waals surface area contributed by atoms with Crippen LogP contribution in [-0.2, 0) is 0 Å². The monoisotopic (exact) mass is 172 g/mol. The summed E-state index contributed by atoms with van der Waals surface area (Å²) in [5, 5.41) is 0. The van der Waals surface area contributed by atoms with Crippen LogP contribution in [0.4, 0.5) is 0 Å². The Morgan fingerprint density at radius 3 is 2.17 bits per heavy atom. The molecule has 0 saturated carbocycles. The zero-order chi connectivity index (χ0) is 9.78. The Morgan fingerprint density at radius 2 is 1.83 bits per heavy atom. The van der Waals surface area contributed by atoms with E-state index in [1.807, 2.05) is 0 Å². The lowest BCUT2D eigenvalue weighted by atomic mass is 9.85. The Kier molecular flexibility index (Phi) is 4.80. The van der Waals surface area contributed by atoms with Gasteiger partial charge in [-0.2, -0.15) is 0 Å². The predicted molar refractivity (Wildman–Crippen MR) is 55.2 cm³/mol. The molecule has 1 atom stereocenters. The Bertz CT molecular complexity index is 119. The van der Waals surface area contributed by atoms with E-state index in [0.717, 1.165) is 19.4 Å². The van der Waals surface area contributed by atoms with E-state index in [4.69, 9.17) is 5.73 Å². The highest BCUT2D eigenvalue weighted by Crippen LogP contribution is 2.23. The van der Waals surface area contributed by atoms with E-state index in [0.29, 0.717) is 11.5 Å². The lowest BCUT2D eigenvalue weighted by molar-refractivity contribution is 0.211. The second-order valence-corrected chi connectivity index (χ2v) is 4.77. The summed E-state index contributed by atoms with van der Waals surface area (Å²) in [6.07, 6.45) is 2.19. The third-order valence-electron chi connectivity index (χ3n) is 2.08. The van der Waals surface area contributed by atoms with Crippen molar-refractivity contribution in [1.82, 2.24) is 4.90 Å². The molecule has 0 aliphatic carbocycles. The van der Waals surface area contributed by atoms with E-state index < -0.39 is 0 Å². The molecule has 0 radical (unpaired) electrons. The van der Waals surface area contributed by atoms with E-state index >= 15 is 0 Å². The number of hydrogen-bond acceptors (Lipinski definition) is 2. The van der Waals surface area contributed by atoms with E-state index in [1.165, 1.54) is 0 Å². The van der Waals surface area contributed by atoms with Crippen molar-refractivity contribution >= 4 is 0 Å². The van der Waals surface area contributed by atoms with Crippen LogP contribution in [0.5, 0.6) is 0 Å². The molecule has 0 aliphatic rings. The molecular formula is C10H24N2. The van der Waals surface area contributed by atoms with Crippen molar-refractivity contribution in [2.24, 2.45) is 11.1 Å². The SMILES string of the molecule is CCC(N)CC(C)(C)CN(C)C. The first-order valence-corrected chi connectivity index (χ1v) is 4.77. The summed E-state index contributed by atoms with van der Waals surface area (Å²) >= 11 is 0. The van der Waals surface area contributed by atoms with Crippen LogP contribution in [0.15, 0.2) is 0 Å². The summed E-state index contributed by atoms with van der Waals surface area (Å²) < 4.78 is 0. The van der Waals surface area contributed by atoms with E-state index in [9.17, 15) is 0 Å². The first kappa shape index (κ1) is 11.9. The zero-order valence-electron chi connectivity index (χ0n) is 9.22. The van der Waals surface area contributed by atoms with E-state index in [1.54, 1.807) is 0 Å². The van der Waals surface area contributed by atoms with Gasteiger partial charge < -0.3 is 10.6 Å². The molecule has 0 amide bonds. The maximum Gasteiger partial charge on any atom is 0.00417 e. The maximum absolute atomic E-state index is 5.92. The molecule has 0 saturated heterocycles. The van der Waals surface area contributed by atoms with Gasteiger partial charge in [-0.05, 0) is 32.4 Å². The predicted octanol–water partition coefficient (Wildman–Crippen LogP) is 1.70. The fraction of sp³-hybridized carbons (Fsp3) is 1.00. The molecule has 0 spiro atoms. The van der Waals surface area contributed by atoms with Crippen molar-refractivity contribution in [1.29, 1.82) is 0 Å². The van der Waals surface area contributed by atoms with Crippen molar-refractivity contribution in [3.05, 3.63) is 0 Å². The van der Waals surface area contributed by atoms with Crippen LogP contribution < -0.4 is 5.73 Å². The third kappa shape index (κ3) is 5.56. The average Bonchev–Trinajstić information content (AvgIpc) is 1.83. The second kappa shape index (κ2) is 4.83. The summed E-state index contributed by atoms with van der Waals surface area (Å²) in [6.45, 7) is 7.82. The van der Waals surface area contributed by atoms with Crippen molar-refractivity contribution < 1.29 is 0 Å². The summed E-state index contributed by atoms with van der Waals surface area (Å²) in [6, 6.07) is 0.361. The Hall–Kier alpha value is -0.0800. The minimum atomic E-state index is 0.346. The normalized spacial score (nSPS) is 15.2. The zero-order valence-corrected chi connectivity index (χ0v) is 9.22. The fourth-order valence-electron chi connectivity index (χ4n) is 1.77. The fourth-order valence-corrected chi connectivity index (χ4v) is 1.77. The summed E-state index contributed by atoms with van der Waals surface area (Å²) in [7, 11) is 4.22. The van der Waals surface area contributed by atoms with Crippen molar-refractivity contribution in [3.8, 4) is 0 Å².